The van der Waals surface area contributed by atoms with E-state index in [1.807, 2.05) is 0 Å². The maximum Gasteiger partial charge on any atom is 0.0216 e. The first-order valence-corrected chi connectivity index (χ1v) is 22.2. The predicted octanol–water partition coefficient (Wildman–Crippen LogP) is 16.6. The summed E-state index contributed by atoms with van der Waals surface area (Å²) in [5.74, 6) is 0. The van der Waals surface area contributed by atoms with Crippen LogP contribution >= 0.6 is 63.7 Å². The topological polar surface area (TPSA) is 0 Å². The van der Waals surface area contributed by atoms with E-state index in [2.05, 4.69) is 150 Å². The summed E-state index contributed by atoms with van der Waals surface area (Å²) >= 11 is 15.6. The van der Waals surface area contributed by atoms with Crippen molar-refractivity contribution in [2.75, 3.05) is 0 Å². The van der Waals surface area contributed by atoms with Crippen LogP contribution in [-0.2, 0) is 10.8 Å². The van der Waals surface area contributed by atoms with Gasteiger partial charge in [0.2, 0.25) is 0 Å². The molecule has 4 heteroatoms. The highest BCUT2D eigenvalue weighted by molar-refractivity contribution is 9.11. The van der Waals surface area contributed by atoms with Gasteiger partial charge in [-0.25, -0.2) is 0 Å². The monoisotopic (exact) mass is 908 g/mol. The smallest absolute Gasteiger partial charge is 0.0216 e. The van der Waals surface area contributed by atoms with Gasteiger partial charge in [-0.05, 0) is 119 Å². The molecule has 2 aliphatic rings. The molecule has 0 radical (unpaired) electrons. The molecular formula is C45H52Br4. The molecule has 0 aromatic heterocycles. The molecule has 0 saturated carbocycles. The summed E-state index contributed by atoms with van der Waals surface area (Å²) < 4.78 is 4.77. The molecule has 0 heterocycles. The van der Waals surface area contributed by atoms with Crippen LogP contribution in [0.3, 0.4) is 0 Å². The van der Waals surface area contributed by atoms with Crippen molar-refractivity contribution >= 4 is 63.7 Å². The lowest BCUT2D eigenvalue weighted by Gasteiger charge is -2.37. The zero-order valence-electron chi connectivity index (χ0n) is 29.5. The average Bonchev–Trinajstić information content (AvgIpc) is 3.49. The molecule has 0 aliphatic heterocycles. The van der Waals surface area contributed by atoms with Crippen LogP contribution < -0.4 is 0 Å². The van der Waals surface area contributed by atoms with Crippen LogP contribution in [0.5, 0.6) is 0 Å². The minimum atomic E-state index is 0.0170. The van der Waals surface area contributed by atoms with Crippen molar-refractivity contribution in [1.29, 1.82) is 0 Å². The number of halogens is 4. The Hall–Kier alpha value is -1.20. The first kappa shape index (κ1) is 37.6. The number of benzene rings is 4. The molecule has 0 bridgehead atoms. The first-order chi connectivity index (χ1) is 23.8. The van der Waals surface area contributed by atoms with E-state index in [-0.39, 0.29) is 10.8 Å². The third kappa shape index (κ3) is 7.93. The third-order valence-electron chi connectivity index (χ3n) is 11.7. The zero-order chi connectivity index (χ0) is 34.4. The minimum Gasteiger partial charge on any atom is -0.0654 e. The SMILES string of the molecule is CCCCCCCCC1(CCCC2(CCCCCCCC)c3cc(Br)ccc3-c3ccc(Br)cc32)c2cc(Br)ccc2-c2ccc(Br)cc21. The van der Waals surface area contributed by atoms with Gasteiger partial charge < -0.3 is 0 Å². The predicted molar refractivity (Wildman–Crippen MR) is 226 cm³/mol. The number of unbranched alkanes of at least 4 members (excludes halogenated alkanes) is 10. The Bertz CT molecular complexity index is 1510. The minimum absolute atomic E-state index is 0.0170. The summed E-state index contributed by atoms with van der Waals surface area (Å²) in [5, 5.41) is 0. The van der Waals surface area contributed by atoms with Crippen molar-refractivity contribution in [2.24, 2.45) is 0 Å². The Labute approximate surface area is 330 Å². The zero-order valence-corrected chi connectivity index (χ0v) is 35.8. The van der Waals surface area contributed by atoms with Crippen molar-refractivity contribution < 1.29 is 0 Å². The standard InChI is InChI=1S/C45H52Br4/c1-3-5-7-9-11-13-24-44(40-28-32(46)16-20-36(40)37-21-17-33(47)29-41(37)44)26-15-27-45(25-14-12-10-8-6-4-2)42-30-34(48)18-22-38(42)39-23-19-35(49)31-43(39)45/h16-23,28-31H,3-15,24-27H2,1-2H3. The molecule has 0 atom stereocenters. The van der Waals surface area contributed by atoms with E-state index in [4.69, 9.17) is 0 Å². The van der Waals surface area contributed by atoms with Gasteiger partial charge in [-0.3, -0.25) is 0 Å². The molecule has 0 nitrogen and oxygen atoms in total. The van der Waals surface area contributed by atoms with Crippen LogP contribution in [-0.4, -0.2) is 0 Å². The summed E-state index contributed by atoms with van der Waals surface area (Å²) in [4.78, 5) is 0. The molecule has 0 N–H and O–H groups in total. The van der Waals surface area contributed by atoms with Gasteiger partial charge in [0.15, 0.2) is 0 Å². The number of hydrogen-bond acceptors (Lipinski definition) is 0. The Morgan fingerprint density at radius 1 is 0.347 bits per heavy atom. The van der Waals surface area contributed by atoms with Crippen LogP contribution in [0.15, 0.2) is 90.7 Å². The van der Waals surface area contributed by atoms with E-state index in [9.17, 15) is 0 Å². The lowest BCUT2D eigenvalue weighted by atomic mass is 9.66. The molecule has 49 heavy (non-hydrogen) atoms. The van der Waals surface area contributed by atoms with E-state index >= 15 is 0 Å². The van der Waals surface area contributed by atoms with E-state index in [0.29, 0.717) is 0 Å². The first-order valence-electron chi connectivity index (χ1n) is 19.0. The van der Waals surface area contributed by atoms with Crippen molar-refractivity contribution in [3.8, 4) is 22.3 Å². The number of fused-ring (bicyclic) bond motifs is 6. The Kier molecular flexibility index (Phi) is 13.1. The highest BCUT2D eigenvalue weighted by Gasteiger charge is 2.46. The quantitative estimate of drug-likeness (QED) is 0.0873. The van der Waals surface area contributed by atoms with Crippen LogP contribution in [0.1, 0.15) is 145 Å². The van der Waals surface area contributed by atoms with Gasteiger partial charge in [0.05, 0.1) is 0 Å². The van der Waals surface area contributed by atoms with Gasteiger partial charge in [-0.1, -0.05) is 185 Å². The lowest BCUT2D eigenvalue weighted by Crippen LogP contribution is -2.29. The van der Waals surface area contributed by atoms with E-state index < -0.39 is 0 Å². The van der Waals surface area contributed by atoms with Gasteiger partial charge >= 0.3 is 0 Å². The van der Waals surface area contributed by atoms with Crippen LogP contribution in [0.4, 0.5) is 0 Å². The molecule has 0 amide bonds. The fourth-order valence-electron chi connectivity index (χ4n) is 9.31. The van der Waals surface area contributed by atoms with Crippen LogP contribution in [0.25, 0.3) is 22.3 Å². The second kappa shape index (κ2) is 17.1. The summed E-state index contributed by atoms with van der Waals surface area (Å²) in [6, 6.07) is 28.3. The number of hydrogen-bond donors (Lipinski definition) is 0. The highest BCUT2D eigenvalue weighted by Crippen LogP contribution is 2.58. The highest BCUT2D eigenvalue weighted by atomic mass is 79.9. The lowest BCUT2D eigenvalue weighted by molar-refractivity contribution is 0.353. The fraction of sp³-hybridized carbons (Fsp3) is 0.467. The molecule has 0 saturated heterocycles. The normalized spacial score (nSPS) is 14.8. The fourth-order valence-corrected chi connectivity index (χ4v) is 10.8. The second-order valence-corrected chi connectivity index (χ2v) is 18.5. The summed E-state index contributed by atoms with van der Waals surface area (Å²) in [6.45, 7) is 4.63. The summed E-state index contributed by atoms with van der Waals surface area (Å²) in [5.41, 5.74) is 11.9. The molecule has 0 fully saturated rings. The van der Waals surface area contributed by atoms with Crippen LogP contribution in [0.2, 0.25) is 0 Å². The summed E-state index contributed by atoms with van der Waals surface area (Å²) in [7, 11) is 0. The maximum absolute atomic E-state index is 3.90. The third-order valence-corrected chi connectivity index (χ3v) is 13.7. The van der Waals surface area contributed by atoms with Crippen molar-refractivity contribution in [3.63, 3.8) is 0 Å². The molecule has 4 aromatic carbocycles. The molecule has 260 valence electrons. The van der Waals surface area contributed by atoms with Crippen LogP contribution in [0, 0.1) is 0 Å². The average molecular weight is 913 g/mol. The van der Waals surface area contributed by atoms with E-state index in [1.165, 1.54) is 172 Å². The van der Waals surface area contributed by atoms with Crippen molar-refractivity contribution in [3.05, 3.63) is 113 Å². The molecule has 6 rings (SSSR count). The van der Waals surface area contributed by atoms with Gasteiger partial charge in [-0.15, -0.1) is 0 Å². The van der Waals surface area contributed by atoms with Crippen molar-refractivity contribution in [2.45, 2.75) is 134 Å². The molecular weight excluding hydrogens is 860 g/mol. The molecule has 0 spiro atoms. The molecule has 2 aliphatic carbocycles. The van der Waals surface area contributed by atoms with Crippen molar-refractivity contribution in [1.82, 2.24) is 0 Å². The van der Waals surface area contributed by atoms with E-state index in [0.717, 1.165) is 0 Å². The Morgan fingerprint density at radius 2 is 0.612 bits per heavy atom. The number of rotatable bonds is 18. The van der Waals surface area contributed by atoms with Gasteiger partial charge in [0.25, 0.3) is 0 Å². The Balaban J connectivity index is 1.37. The van der Waals surface area contributed by atoms with Gasteiger partial charge in [-0.2, -0.15) is 0 Å². The van der Waals surface area contributed by atoms with E-state index in [1.54, 1.807) is 0 Å². The van der Waals surface area contributed by atoms with Gasteiger partial charge in [0, 0.05) is 28.7 Å². The molecule has 0 unspecified atom stereocenters. The maximum atomic E-state index is 3.90. The summed E-state index contributed by atoms with van der Waals surface area (Å²) in [6.07, 6.45) is 21.8. The Morgan fingerprint density at radius 3 is 0.918 bits per heavy atom. The molecule has 4 aromatic rings. The largest absolute Gasteiger partial charge is 0.0654 e. The second-order valence-electron chi connectivity index (χ2n) is 14.8. The van der Waals surface area contributed by atoms with Gasteiger partial charge in [0.1, 0.15) is 0 Å².